The molecule has 0 bridgehead atoms. The van der Waals surface area contributed by atoms with Crippen molar-refractivity contribution < 1.29 is 9.59 Å². The molecule has 150 valence electrons. The van der Waals surface area contributed by atoms with Gasteiger partial charge in [0.15, 0.2) is 5.16 Å². The molecule has 2 N–H and O–H groups in total. The molecule has 2 amide bonds. The zero-order valence-corrected chi connectivity index (χ0v) is 17.0. The molecule has 8 heteroatoms. The predicted molar refractivity (Wildman–Crippen MR) is 119 cm³/mol. The van der Waals surface area contributed by atoms with E-state index in [4.69, 9.17) is 0 Å². The van der Waals surface area contributed by atoms with Crippen molar-refractivity contribution in [1.82, 2.24) is 14.8 Å². The molecule has 0 unspecified atom stereocenters. The summed E-state index contributed by atoms with van der Waals surface area (Å²) in [6, 6.07) is 20.6. The highest BCUT2D eigenvalue weighted by Crippen LogP contribution is 2.20. The maximum Gasteiger partial charge on any atom is 0.255 e. The lowest BCUT2D eigenvalue weighted by atomic mass is 10.1. The quantitative estimate of drug-likeness (QED) is 0.464. The molecule has 0 saturated heterocycles. The van der Waals surface area contributed by atoms with Crippen molar-refractivity contribution >= 4 is 45.7 Å². The Hall–Kier alpha value is -3.65. The molecule has 0 aliphatic carbocycles. The lowest BCUT2D eigenvalue weighted by Crippen LogP contribution is -2.15. The van der Waals surface area contributed by atoms with E-state index in [1.165, 1.54) is 11.8 Å². The van der Waals surface area contributed by atoms with E-state index in [0.29, 0.717) is 16.4 Å². The molecule has 1 heterocycles. The fourth-order valence-electron chi connectivity index (χ4n) is 2.91. The average Bonchev–Trinajstić information content (AvgIpc) is 3.17. The third-order valence-electron chi connectivity index (χ3n) is 4.44. The Kier molecular flexibility index (Phi) is 5.76. The fourth-order valence-corrected chi connectivity index (χ4v) is 3.59. The Bertz CT molecular complexity index is 1200. The van der Waals surface area contributed by atoms with Crippen molar-refractivity contribution in [3.05, 3.63) is 78.6 Å². The van der Waals surface area contributed by atoms with Gasteiger partial charge in [0.25, 0.3) is 5.91 Å². The number of hydrogen-bond donors (Lipinski definition) is 2. The molecule has 0 fully saturated rings. The zero-order valence-electron chi connectivity index (χ0n) is 16.2. The smallest absolute Gasteiger partial charge is 0.255 e. The third kappa shape index (κ3) is 4.66. The topological polar surface area (TPSA) is 88.9 Å². The van der Waals surface area contributed by atoms with Crippen LogP contribution in [0, 0.1) is 0 Å². The molecule has 3 aromatic carbocycles. The summed E-state index contributed by atoms with van der Waals surface area (Å²) in [6.07, 6.45) is 1.59. The van der Waals surface area contributed by atoms with E-state index in [0.717, 1.165) is 16.5 Å². The number of amides is 2. The maximum atomic E-state index is 12.5. The molecule has 0 radical (unpaired) electrons. The van der Waals surface area contributed by atoms with Gasteiger partial charge in [-0.1, -0.05) is 42.1 Å². The minimum Gasteiger partial charge on any atom is -0.325 e. The zero-order chi connectivity index (χ0) is 20.9. The number of rotatable bonds is 6. The van der Waals surface area contributed by atoms with E-state index in [9.17, 15) is 9.59 Å². The van der Waals surface area contributed by atoms with Crippen LogP contribution < -0.4 is 10.6 Å². The van der Waals surface area contributed by atoms with Crippen molar-refractivity contribution in [3.63, 3.8) is 0 Å². The second-order valence-electron chi connectivity index (χ2n) is 6.65. The Morgan fingerprint density at radius 1 is 0.933 bits per heavy atom. The third-order valence-corrected chi connectivity index (χ3v) is 5.47. The predicted octanol–water partition coefficient (Wildman–Crippen LogP) is 3.95. The van der Waals surface area contributed by atoms with Crippen molar-refractivity contribution in [2.75, 3.05) is 16.4 Å². The van der Waals surface area contributed by atoms with Crippen LogP contribution >= 0.6 is 11.8 Å². The molecule has 0 spiro atoms. The molecular formula is C22H19N5O2S. The van der Waals surface area contributed by atoms with E-state index in [1.807, 2.05) is 49.5 Å². The SMILES string of the molecule is Cn1cnnc1SCC(=O)Nc1ccc(C(=O)Nc2ccc3ccccc3c2)cc1. The number of nitrogens with one attached hydrogen (secondary N) is 2. The number of thioether (sulfide) groups is 1. The van der Waals surface area contributed by atoms with Crippen LogP contribution in [0.5, 0.6) is 0 Å². The summed E-state index contributed by atoms with van der Waals surface area (Å²) in [7, 11) is 1.82. The van der Waals surface area contributed by atoms with Gasteiger partial charge in [-0.3, -0.25) is 9.59 Å². The van der Waals surface area contributed by atoms with Gasteiger partial charge >= 0.3 is 0 Å². The van der Waals surface area contributed by atoms with E-state index in [2.05, 4.69) is 20.8 Å². The highest BCUT2D eigenvalue weighted by Gasteiger charge is 2.09. The van der Waals surface area contributed by atoms with Gasteiger partial charge in [-0.05, 0) is 47.2 Å². The van der Waals surface area contributed by atoms with Gasteiger partial charge in [0.05, 0.1) is 5.75 Å². The normalized spacial score (nSPS) is 10.7. The van der Waals surface area contributed by atoms with Gasteiger partial charge in [-0.2, -0.15) is 0 Å². The summed E-state index contributed by atoms with van der Waals surface area (Å²) in [5.41, 5.74) is 1.87. The van der Waals surface area contributed by atoms with Crippen LogP contribution in [0.1, 0.15) is 10.4 Å². The largest absolute Gasteiger partial charge is 0.325 e. The monoisotopic (exact) mass is 417 g/mol. The Labute approximate surface area is 177 Å². The van der Waals surface area contributed by atoms with Gasteiger partial charge in [0.2, 0.25) is 5.91 Å². The number of fused-ring (bicyclic) bond motifs is 1. The van der Waals surface area contributed by atoms with Gasteiger partial charge in [0.1, 0.15) is 6.33 Å². The first-order chi connectivity index (χ1) is 14.6. The second kappa shape index (κ2) is 8.79. The van der Waals surface area contributed by atoms with Crippen molar-refractivity contribution in [2.45, 2.75) is 5.16 Å². The number of hydrogen-bond acceptors (Lipinski definition) is 5. The number of aromatic nitrogens is 3. The summed E-state index contributed by atoms with van der Waals surface area (Å²) in [4.78, 5) is 24.6. The molecule has 30 heavy (non-hydrogen) atoms. The molecule has 7 nitrogen and oxygen atoms in total. The van der Waals surface area contributed by atoms with E-state index < -0.39 is 0 Å². The van der Waals surface area contributed by atoms with Crippen molar-refractivity contribution in [1.29, 1.82) is 0 Å². The molecule has 0 saturated carbocycles. The highest BCUT2D eigenvalue weighted by molar-refractivity contribution is 7.99. The molecule has 0 aliphatic heterocycles. The first kappa shape index (κ1) is 19.7. The summed E-state index contributed by atoms with van der Waals surface area (Å²) >= 11 is 1.30. The Morgan fingerprint density at radius 2 is 1.67 bits per heavy atom. The second-order valence-corrected chi connectivity index (χ2v) is 7.60. The van der Waals surface area contributed by atoms with Crippen LogP contribution in [0.2, 0.25) is 0 Å². The van der Waals surface area contributed by atoms with Gasteiger partial charge in [-0.25, -0.2) is 0 Å². The van der Waals surface area contributed by atoms with E-state index >= 15 is 0 Å². The van der Waals surface area contributed by atoms with Crippen molar-refractivity contribution in [3.8, 4) is 0 Å². The maximum absolute atomic E-state index is 12.5. The Morgan fingerprint density at radius 3 is 2.40 bits per heavy atom. The lowest BCUT2D eigenvalue weighted by Gasteiger charge is -2.08. The van der Waals surface area contributed by atoms with Crippen LogP contribution in [0.3, 0.4) is 0 Å². The number of carbonyl (C=O) groups is 2. The first-order valence-electron chi connectivity index (χ1n) is 9.25. The Balaban J connectivity index is 1.34. The molecule has 0 atom stereocenters. The van der Waals surface area contributed by atoms with Gasteiger partial charge in [0, 0.05) is 24.0 Å². The minimum atomic E-state index is -0.207. The van der Waals surface area contributed by atoms with Gasteiger partial charge < -0.3 is 15.2 Å². The standard InChI is InChI=1S/C22H19N5O2S/c1-27-14-23-26-22(27)30-13-20(28)24-18-9-7-16(8-10-18)21(29)25-19-11-6-15-4-2-3-5-17(15)12-19/h2-12,14H,13H2,1H3,(H,24,28)(H,25,29). The van der Waals surface area contributed by atoms with Crippen LogP contribution in [-0.4, -0.2) is 32.3 Å². The minimum absolute atomic E-state index is 0.156. The molecule has 4 aromatic rings. The molecular weight excluding hydrogens is 398 g/mol. The summed E-state index contributed by atoms with van der Waals surface area (Å²) in [5.74, 6) is -0.145. The molecule has 1 aromatic heterocycles. The summed E-state index contributed by atoms with van der Waals surface area (Å²) in [5, 5.41) is 16.3. The number of anilines is 2. The van der Waals surface area contributed by atoms with E-state index in [-0.39, 0.29) is 17.6 Å². The summed E-state index contributed by atoms with van der Waals surface area (Å²) < 4.78 is 1.75. The number of aryl methyl sites for hydroxylation is 1. The number of carbonyl (C=O) groups excluding carboxylic acids is 2. The van der Waals surface area contributed by atoms with Crippen LogP contribution in [0.15, 0.2) is 78.2 Å². The number of nitrogens with zero attached hydrogens (tertiary/aromatic N) is 3. The average molecular weight is 417 g/mol. The lowest BCUT2D eigenvalue weighted by molar-refractivity contribution is -0.113. The van der Waals surface area contributed by atoms with Gasteiger partial charge in [-0.15, -0.1) is 10.2 Å². The fraction of sp³-hybridized carbons (Fsp3) is 0.0909. The van der Waals surface area contributed by atoms with Crippen LogP contribution in [-0.2, 0) is 11.8 Å². The number of benzene rings is 3. The highest BCUT2D eigenvalue weighted by atomic mass is 32.2. The molecule has 0 aliphatic rings. The first-order valence-corrected chi connectivity index (χ1v) is 10.2. The van der Waals surface area contributed by atoms with Crippen LogP contribution in [0.25, 0.3) is 10.8 Å². The van der Waals surface area contributed by atoms with Crippen molar-refractivity contribution in [2.24, 2.45) is 7.05 Å². The van der Waals surface area contributed by atoms with E-state index in [1.54, 1.807) is 35.2 Å². The molecule has 4 rings (SSSR count). The summed E-state index contributed by atoms with van der Waals surface area (Å²) in [6.45, 7) is 0. The van der Waals surface area contributed by atoms with Crippen LogP contribution in [0.4, 0.5) is 11.4 Å².